The summed E-state index contributed by atoms with van der Waals surface area (Å²) in [6, 6.07) is 0. The molecule has 112 valence electrons. The van der Waals surface area contributed by atoms with Crippen LogP contribution >= 0.6 is 0 Å². The first kappa shape index (κ1) is 16.2. The topological polar surface area (TPSA) is 58.6 Å². The Bertz CT molecular complexity index is 305. The molecule has 0 heterocycles. The number of alkyl halides is 3. The van der Waals surface area contributed by atoms with Gasteiger partial charge in [-0.3, -0.25) is 10.1 Å². The largest absolute Gasteiger partial charge is 0.480 e. The van der Waals surface area contributed by atoms with Crippen LogP contribution in [0.4, 0.5) is 13.2 Å². The molecule has 0 saturated heterocycles. The average molecular weight is 283 g/mol. The van der Waals surface area contributed by atoms with Crippen molar-refractivity contribution in [3.05, 3.63) is 0 Å². The van der Waals surface area contributed by atoms with E-state index < -0.39 is 24.1 Å². The predicted octanol–water partition coefficient (Wildman–Crippen LogP) is 2.19. The third-order valence-electron chi connectivity index (χ3n) is 3.23. The summed E-state index contributed by atoms with van der Waals surface area (Å²) in [5.41, 5.74) is -1.15. The summed E-state index contributed by atoms with van der Waals surface area (Å²) in [6.07, 6.45) is -3.62. The van der Waals surface area contributed by atoms with Crippen LogP contribution in [0, 0.1) is 5.92 Å². The normalized spacial score (nSPS) is 19.2. The molecule has 0 amide bonds. The van der Waals surface area contributed by atoms with E-state index in [0.29, 0.717) is 6.54 Å². The summed E-state index contributed by atoms with van der Waals surface area (Å²) in [7, 11) is 0. The van der Waals surface area contributed by atoms with Gasteiger partial charge in [-0.15, -0.1) is 0 Å². The van der Waals surface area contributed by atoms with E-state index >= 15 is 0 Å². The Morgan fingerprint density at radius 2 is 2.05 bits per heavy atom. The Morgan fingerprint density at radius 1 is 1.42 bits per heavy atom. The first-order chi connectivity index (χ1) is 8.82. The number of carboxylic acids is 1. The molecule has 0 aromatic heterocycles. The van der Waals surface area contributed by atoms with Crippen LogP contribution in [0.25, 0.3) is 0 Å². The first-order valence-electron chi connectivity index (χ1n) is 6.44. The SMILES string of the molecule is CCNC(COCCCC(F)(F)F)(C(=O)O)C1CC1. The van der Waals surface area contributed by atoms with Crippen LogP contribution in [-0.2, 0) is 9.53 Å². The second-order valence-electron chi connectivity index (χ2n) is 4.85. The first-order valence-corrected chi connectivity index (χ1v) is 6.44. The molecule has 1 aliphatic rings. The number of ether oxygens (including phenoxy) is 1. The van der Waals surface area contributed by atoms with E-state index in [1.54, 1.807) is 6.92 Å². The maximum absolute atomic E-state index is 11.9. The molecule has 7 heteroatoms. The van der Waals surface area contributed by atoms with Gasteiger partial charge in [0.25, 0.3) is 0 Å². The van der Waals surface area contributed by atoms with Gasteiger partial charge >= 0.3 is 12.1 Å². The van der Waals surface area contributed by atoms with Gasteiger partial charge in [-0.25, -0.2) is 0 Å². The molecule has 1 fully saturated rings. The van der Waals surface area contributed by atoms with E-state index in [1.165, 1.54) is 0 Å². The van der Waals surface area contributed by atoms with Gasteiger partial charge in [0.15, 0.2) is 0 Å². The van der Waals surface area contributed by atoms with Gasteiger partial charge in [-0.2, -0.15) is 13.2 Å². The number of rotatable bonds is 9. The van der Waals surface area contributed by atoms with Crippen LogP contribution in [-0.4, -0.2) is 42.5 Å². The molecule has 1 saturated carbocycles. The number of nitrogens with one attached hydrogen (secondary N) is 1. The Kier molecular flexibility index (Phi) is 5.61. The molecule has 1 rings (SSSR count). The lowest BCUT2D eigenvalue weighted by atomic mass is 9.94. The molecule has 0 radical (unpaired) electrons. The van der Waals surface area contributed by atoms with Gasteiger partial charge in [-0.05, 0) is 31.7 Å². The molecule has 0 bridgehead atoms. The molecular weight excluding hydrogens is 263 g/mol. The summed E-state index contributed by atoms with van der Waals surface area (Å²) in [4.78, 5) is 11.4. The van der Waals surface area contributed by atoms with Crippen molar-refractivity contribution in [2.45, 2.75) is 44.3 Å². The lowest BCUT2D eigenvalue weighted by Crippen LogP contribution is -2.57. The fraction of sp³-hybridized carbons (Fsp3) is 0.917. The minimum atomic E-state index is -4.19. The minimum absolute atomic E-state index is 0.00701. The Hall–Kier alpha value is -0.820. The Morgan fingerprint density at radius 3 is 2.47 bits per heavy atom. The van der Waals surface area contributed by atoms with Crippen molar-refractivity contribution in [2.75, 3.05) is 19.8 Å². The van der Waals surface area contributed by atoms with Gasteiger partial charge < -0.3 is 9.84 Å². The van der Waals surface area contributed by atoms with E-state index in [4.69, 9.17) is 4.74 Å². The molecule has 0 aliphatic heterocycles. The van der Waals surface area contributed by atoms with Crippen LogP contribution in [0.1, 0.15) is 32.6 Å². The van der Waals surface area contributed by atoms with Gasteiger partial charge in [0.1, 0.15) is 5.54 Å². The highest BCUT2D eigenvalue weighted by atomic mass is 19.4. The second kappa shape index (κ2) is 6.56. The molecule has 1 atom stereocenters. The fourth-order valence-corrected chi connectivity index (χ4v) is 2.12. The van der Waals surface area contributed by atoms with E-state index in [2.05, 4.69) is 5.32 Å². The van der Waals surface area contributed by atoms with Crippen LogP contribution in [0.3, 0.4) is 0 Å². The zero-order valence-electron chi connectivity index (χ0n) is 10.9. The van der Waals surface area contributed by atoms with Crippen molar-refractivity contribution < 1.29 is 27.8 Å². The number of aliphatic carboxylic acids is 1. The van der Waals surface area contributed by atoms with Gasteiger partial charge in [0, 0.05) is 13.0 Å². The maximum atomic E-state index is 11.9. The maximum Gasteiger partial charge on any atom is 0.389 e. The number of halogens is 3. The Balaban J connectivity index is 2.39. The molecule has 19 heavy (non-hydrogen) atoms. The van der Waals surface area contributed by atoms with Gasteiger partial charge in [0.05, 0.1) is 6.61 Å². The minimum Gasteiger partial charge on any atom is -0.480 e. The number of hydrogen-bond acceptors (Lipinski definition) is 3. The molecule has 2 N–H and O–H groups in total. The summed E-state index contributed by atoms with van der Waals surface area (Å²) in [5.74, 6) is -0.986. The van der Waals surface area contributed by atoms with Crippen LogP contribution in [0.15, 0.2) is 0 Å². The smallest absolute Gasteiger partial charge is 0.389 e. The summed E-state index contributed by atoms with van der Waals surface area (Å²) in [6.45, 7) is 2.11. The molecule has 0 aromatic carbocycles. The monoisotopic (exact) mass is 283 g/mol. The third kappa shape index (κ3) is 4.99. The standard InChI is InChI=1S/C12H20F3NO3/c1-2-16-11(10(17)18,9-4-5-9)8-19-7-3-6-12(13,14)15/h9,16H,2-8H2,1H3,(H,17,18). The van der Waals surface area contributed by atoms with Gasteiger partial charge in [0.2, 0.25) is 0 Å². The highest BCUT2D eigenvalue weighted by Gasteiger charge is 2.51. The number of carbonyl (C=O) groups is 1. The zero-order chi connectivity index (χ0) is 14.5. The second-order valence-corrected chi connectivity index (χ2v) is 4.85. The van der Waals surface area contributed by atoms with E-state index in [9.17, 15) is 23.1 Å². The molecule has 4 nitrogen and oxygen atoms in total. The lowest BCUT2D eigenvalue weighted by molar-refractivity contribution is -0.151. The summed E-state index contributed by atoms with van der Waals surface area (Å²) >= 11 is 0. The van der Waals surface area contributed by atoms with E-state index in [-0.39, 0.29) is 25.6 Å². The average Bonchev–Trinajstić information content (AvgIpc) is 3.09. The molecular formula is C12H20F3NO3. The zero-order valence-corrected chi connectivity index (χ0v) is 10.9. The molecule has 1 unspecified atom stereocenters. The quantitative estimate of drug-likeness (QED) is 0.637. The lowest BCUT2D eigenvalue weighted by Gasteiger charge is -2.30. The van der Waals surface area contributed by atoms with E-state index in [0.717, 1.165) is 12.8 Å². The van der Waals surface area contributed by atoms with Crippen LogP contribution < -0.4 is 5.32 Å². The number of hydrogen-bond donors (Lipinski definition) is 2. The highest BCUT2D eigenvalue weighted by molar-refractivity contribution is 5.80. The number of carboxylic acid groups (broad SMARTS) is 1. The molecule has 0 aromatic rings. The highest BCUT2D eigenvalue weighted by Crippen LogP contribution is 2.40. The molecule has 1 aliphatic carbocycles. The molecule has 0 spiro atoms. The third-order valence-corrected chi connectivity index (χ3v) is 3.23. The van der Waals surface area contributed by atoms with Crippen molar-refractivity contribution >= 4 is 5.97 Å². The van der Waals surface area contributed by atoms with Crippen molar-refractivity contribution in [2.24, 2.45) is 5.92 Å². The summed E-state index contributed by atoms with van der Waals surface area (Å²) < 4.78 is 41.0. The van der Waals surface area contributed by atoms with Crippen molar-refractivity contribution in [3.63, 3.8) is 0 Å². The van der Waals surface area contributed by atoms with Crippen molar-refractivity contribution in [1.82, 2.24) is 5.32 Å². The fourth-order valence-electron chi connectivity index (χ4n) is 2.12. The van der Waals surface area contributed by atoms with Crippen LogP contribution in [0.2, 0.25) is 0 Å². The number of likely N-dealkylation sites (N-methyl/N-ethyl adjacent to an activating group) is 1. The van der Waals surface area contributed by atoms with Crippen molar-refractivity contribution in [3.8, 4) is 0 Å². The van der Waals surface area contributed by atoms with Crippen molar-refractivity contribution in [1.29, 1.82) is 0 Å². The summed E-state index contributed by atoms with van der Waals surface area (Å²) in [5, 5.41) is 12.2. The van der Waals surface area contributed by atoms with Gasteiger partial charge in [-0.1, -0.05) is 6.92 Å². The van der Waals surface area contributed by atoms with E-state index in [1.807, 2.05) is 0 Å². The predicted molar refractivity (Wildman–Crippen MR) is 62.9 cm³/mol. The van der Waals surface area contributed by atoms with Crippen LogP contribution in [0.5, 0.6) is 0 Å². The Labute approximate surface area is 110 Å².